The minimum absolute atomic E-state index is 0.277. The largest absolute Gasteiger partial charge is 0.296 e. The van der Waals surface area contributed by atoms with Gasteiger partial charge >= 0.3 is 0 Å². The Hall–Kier alpha value is -0.630. The second-order valence-electron chi connectivity index (χ2n) is 4.85. The van der Waals surface area contributed by atoms with Crippen molar-refractivity contribution < 1.29 is 8.42 Å². The fourth-order valence-electron chi connectivity index (χ4n) is 1.63. The predicted octanol–water partition coefficient (Wildman–Crippen LogP) is 3.34. The van der Waals surface area contributed by atoms with Crippen molar-refractivity contribution >= 4 is 42.7 Å². The zero-order chi connectivity index (χ0) is 14.4. The minimum atomic E-state index is -3.98. The molecule has 0 aliphatic carbocycles. The average Bonchev–Trinajstić information content (AvgIpc) is 2.79. The van der Waals surface area contributed by atoms with E-state index in [0.717, 1.165) is 0 Å². The van der Waals surface area contributed by atoms with E-state index in [1.807, 2.05) is 20.8 Å². The van der Waals surface area contributed by atoms with Crippen molar-refractivity contribution in [3.63, 3.8) is 0 Å². The summed E-state index contributed by atoms with van der Waals surface area (Å²) in [5, 5.41) is 9.64. The first-order valence-corrected chi connectivity index (χ1v) is 8.83. The number of rotatable bonds is 2. The van der Waals surface area contributed by atoms with Crippen molar-refractivity contribution in [3.05, 3.63) is 16.5 Å². The second-order valence-corrected chi connectivity index (χ2v) is 8.63. The minimum Gasteiger partial charge on any atom is -0.291 e. The van der Waals surface area contributed by atoms with Gasteiger partial charge in [-0.2, -0.15) is 0 Å². The Balaban J connectivity index is 2.79. The number of halogens is 2. The van der Waals surface area contributed by atoms with Crippen LogP contribution in [0, 0.1) is 0 Å². The second kappa shape index (κ2) is 4.73. The number of aromatic nitrogens is 3. The van der Waals surface area contributed by atoms with E-state index in [4.69, 9.17) is 22.3 Å². The summed E-state index contributed by atoms with van der Waals surface area (Å²) in [6.45, 7) is 5.52. The molecular weight excluding hydrogens is 329 g/mol. The molecule has 0 bridgehead atoms. The molecule has 0 N–H and O–H groups in total. The maximum atomic E-state index is 11.6. The van der Waals surface area contributed by atoms with Crippen LogP contribution >= 0.6 is 33.6 Å². The Labute approximate surface area is 124 Å². The third-order valence-corrected chi connectivity index (χ3v) is 4.79. The molecule has 0 aliphatic heterocycles. The van der Waals surface area contributed by atoms with Gasteiger partial charge in [0.15, 0.2) is 5.82 Å². The van der Waals surface area contributed by atoms with Gasteiger partial charge in [0.05, 0.1) is 9.90 Å². The van der Waals surface area contributed by atoms with Crippen LogP contribution < -0.4 is 0 Å². The Morgan fingerprint density at radius 3 is 2.37 bits per heavy atom. The first kappa shape index (κ1) is 14.8. The van der Waals surface area contributed by atoms with Crippen LogP contribution in [0.15, 0.2) is 16.6 Å². The van der Waals surface area contributed by atoms with E-state index in [1.165, 1.54) is 15.9 Å². The van der Waals surface area contributed by atoms with E-state index in [0.29, 0.717) is 15.7 Å². The Kier molecular flexibility index (Phi) is 3.68. The van der Waals surface area contributed by atoms with Crippen LogP contribution in [0.1, 0.15) is 20.8 Å². The fraction of sp³-hybridized carbons (Fsp3) is 0.400. The highest BCUT2D eigenvalue weighted by molar-refractivity contribution is 8.13. The summed E-state index contributed by atoms with van der Waals surface area (Å²) in [5.41, 5.74) is -0.552. The Morgan fingerprint density at radius 2 is 1.95 bits per heavy atom. The number of hydrogen-bond donors (Lipinski definition) is 0. The molecule has 2 aromatic heterocycles. The topological polar surface area (TPSA) is 64.8 Å². The molecule has 19 heavy (non-hydrogen) atoms. The maximum Gasteiger partial charge on any atom is 0.296 e. The van der Waals surface area contributed by atoms with Gasteiger partial charge in [-0.25, -0.2) is 8.42 Å². The van der Waals surface area contributed by atoms with E-state index >= 15 is 0 Å². The predicted molar refractivity (Wildman–Crippen MR) is 76.4 cm³/mol. The van der Waals surface area contributed by atoms with Crippen LogP contribution in [0.2, 0.25) is 5.02 Å². The monoisotopic (exact) mass is 339 g/mol. The van der Waals surface area contributed by atoms with Gasteiger partial charge in [-0.1, -0.05) is 11.6 Å². The zero-order valence-electron chi connectivity index (χ0n) is 10.4. The highest BCUT2D eigenvalue weighted by Gasteiger charge is 2.31. The van der Waals surface area contributed by atoms with Crippen molar-refractivity contribution in [1.29, 1.82) is 0 Å². The molecule has 0 unspecified atom stereocenters. The summed E-state index contributed by atoms with van der Waals surface area (Å²) in [4.78, 5) is 0.663. The smallest absolute Gasteiger partial charge is 0.291 e. The standard InChI is InChI=1S/C10H11Cl2N3O2S2/c1-10(2,3)15-8(7-6(11)4-5-18-7)13-14-9(15)19(12,16)17/h4-5H,1-3H3. The third-order valence-electron chi connectivity index (χ3n) is 2.34. The molecule has 5 nitrogen and oxygen atoms in total. The summed E-state index contributed by atoms with van der Waals surface area (Å²) in [6, 6.07) is 1.72. The molecule has 0 saturated carbocycles. The van der Waals surface area contributed by atoms with Gasteiger partial charge in [0.2, 0.25) is 0 Å². The highest BCUT2D eigenvalue weighted by atomic mass is 35.7. The van der Waals surface area contributed by atoms with E-state index < -0.39 is 14.6 Å². The lowest BCUT2D eigenvalue weighted by atomic mass is 10.1. The molecule has 2 heterocycles. The van der Waals surface area contributed by atoms with Crippen molar-refractivity contribution in [3.8, 4) is 10.7 Å². The lowest BCUT2D eigenvalue weighted by Gasteiger charge is -2.23. The van der Waals surface area contributed by atoms with Crippen LogP contribution in [0.4, 0.5) is 0 Å². The van der Waals surface area contributed by atoms with Gasteiger partial charge < -0.3 is 0 Å². The van der Waals surface area contributed by atoms with Gasteiger partial charge in [0.1, 0.15) is 0 Å². The number of thiophene rings is 1. The molecule has 0 aromatic carbocycles. The van der Waals surface area contributed by atoms with Crippen LogP contribution in [0.5, 0.6) is 0 Å². The maximum absolute atomic E-state index is 11.6. The fourth-order valence-corrected chi connectivity index (χ4v) is 3.76. The summed E-state index contributed by atoms with van der Waals surface area (Å²) in [7, 11) is 1.43. The molecule has 0 aliphatic rings. The van der Waals surface area contributed by atoms with Gasteiger partial charge in [-0.15, -0.1) is 21.5 Å². The van der Waals surface area contributed by atoms with Gasteiger partial charge in [0, 0.05) is 16.2 Å². The van der Waals surface area contributed by atoms with Crippen molar-refractivity contribution in [2.24, 2.45) is 0 Å². The molecule has 9 heteroatoms. The summed E-state index contributed by atoms with van der Waals surface area (Å²) < 4.78 is 24.6. The van der Waals surface area contributed by atoms with E-state index in [1.54, 1.807) is 11.4 Å². The SMILES string of the molecule is CC(C)(C)n1c(-c2sccc2Cl)nnc1S(=O)(=O)Cl. The van der Waals surface area contributed by atoms with Gasteiger partial charge in [-0.3, -0.25) is 4.57 Å². The summed E-state index contributed by atoms with van der Waals surface area (Å²) in [6.07, 6.45) is 0. The van der Waals surface area contributed by atoms with Gasteiger partial charge in [-0.05, 0) is 32.2 Å². The van der Waals surface area contributed by atoms with Crippen molar-refractivity contribution in [2.45, 2.75) is 31.5 Å². The van der Waals surface area contributed by atoms with E-state index in [2.05, 4.69) is 10.2 Å². The summed E-state index contributed by atoms with van der Waals surface area (Å²) >= 11 is 7.43. The Bertz CT molecular complexity index is 713. The molecule has 0 atom stereocenters. The molecule has 2 aromatic rings. The molecule has 104 valence electrons. The normalized spacial score (nSPS) is 12.9. The van der Waals surface area contributed by atoms with E-state index in [-0.39, 0.29) is 5.16 Å². The molecule has 2 rings (SSSR count). The zero-order valence-corrected chi connectivity index (χ0v) is 13.5. The molecular formula is C10H11Cl2N3O2S2. The third kappa shape index (κ3) is 2.79. The van der Waals surface area contributed by atoms with Crippen molar-refractivity contribution in [1.82, 2.24) is 14.8 Å². The molecule has 0 radical (unpaired) electrons. The van der Waals surface area contributed by atoms with Crippen LogP contribution in [-0.2, 0) is 14.6 Å². The average molecular weight is 340 g/mol. The number of hydrogen-bond acceptors (Lipinski definition) is 5. The highest BCUT2D eigenvalue weighted by Crippen LogP contribution is 2.36. The Morgan fingerprint density at radius 1 is 1.32 bits per heavy atom. The van der Waals surface area contributed by atoms with Crippen LogP contribution in [-0.4, -0.2) is 23.2 Å². The molecule has 0 saturated heterocycles. The van der Waals surface area contributed by atoms with Crippen molar-refractivity contribution in [2.75, 3.05) is 0 Å². The first-order chi connectivity index (χ1) is 8.62. The van der Waals surface area contributed by atoms with Gasteiger partial charge in [0.25, 0.3) is 14.2 Å². The molecule has 0 spiro atoms. The van der Waals surface area contributed by atoms with Crippen LogP contribution in [0.3, 0.4) is 0 Å². The van der Waals surface area contributed by atoms with Crippen LogP contribution in [0.25, 0.3) is 10.7 Å². The quantitative estimate of drug-likeness (QED) is 0.787. The molecule has 0 amide bonds. The van der Waals surface area contributed by atoms with E-state index in [9.17, 15) is 8.42 Å². The lowest BCUT2D eigenvalue weighted by molar-refractivity contribution is 0.367. The lowest BCUT2D eigenvalue weighted by Crippen LogP contribution is -2.25. The summed E-state index contributed by atoms with van der Waals surface area (Å²) in [5.74, 6) is 0.395. The molecule has 0 fully saturated rings. The first-order valence-electron chi connectivity index (χ1n) is 5.26. The number of nitrogens with zero attached hydrogens (tertiary/aromatic N) is 3.